The monoisotopic (exact) mass is 272 g/mol. The molecular weight excluding hydrogens is 261 g/mol. The SMILES string of the molecule is FC(F)(F)c1ccc(NCCc2cccs2)nc1. The molecule has 0 atom stereocenters. The first-order valence-corrected chi connectivity index (χ1v) is 6.23. The Bertz CT molecular complexity index is 477. The fourth-order valence-corrected chi connectivity index (χ4v) is 2.14. The van der Waals surface area contributed by atoms with Gasteiger partial charge in [-0.05, 0) is 30.0 Å². The smallest absolute Gasteiger partial charge is 0.370 e. The Hall–Kier alpha value is -1.56. The van der Waals surface area contributed by atoms with Crippen LogP contribution in [-0.2, 0) is 12.6 Å². The van der Waals surface area contributed by atoms with Crippen molar-refractivity contribution in [1.82, 2.24) is 4.98 Å². The average molecular weight is 272 g/mol. The average Bonchev–Trinajstić information content (AvgIpc) is 2.82. The van der Waals surface area contributed by atoms with Gasteiger partial charge in [-0.15, -0.1) is 11.3 Å². The number of rotatable bonds is 4. The van der Waals surface area contributed by atoms with E-state index in [0.717, 1.165) is 18.7 Å². The molecule has 0 unspecified atom stereocenters. The van der Waals surface area contributed by atoms with E-state index in [4.69, 9.17) is 0 Å². The summed E-state index contributed by atoms with van der Waals surface area (Å²) in [5, 5.41) is 4.98. The fraction of sp³-hybridized carbons (Fsp3) is 0.250. The van der Waals surface area contributed by atoms with Crippen molar-refractivity contribution in [3.63, 3.8) is 0 Å². The third-order valence-electron chi connectivity index (χ3n) is 2.35. The zero-order valence-corrected chi connectivity index (χ0v) is 10.2. The van der Waals surface area contributed by atoms with Crippen molar-refractivity contribution < 1.29 is 13.2 Å². The maximum absolute atomic E-state index is 12.3. The minimum absolute atomic E-state index is 0.458. The molecule has 0 aliphatic heterocycles. The summed E-state index contributed by atoms with van der Waals surface area (Å²) >= 11 is 1.65. The van der Waals surface area contributed by atoms with Crippen molar-refractivity contribution in [2.24, 2.45) is 0 Å². The van der Waals surface area contributed by atoms with Crippen LogP contribution in [0, 0.1) is 0 Å². The molecule has 0 aliphatic carbocycles. The summed E-state index contributed by atoms with van der Waals surface area (Å²) in [6, 6.07) is 6.36. The maximum Gasteiger partial charge on any atom is 0.417 e. The predicted octanol–water partition coefficient (Wildman–Crippen LogP) is 3.82. The van der Waals surface area contributed by atoms with Gasteiger partial charge < -0.3 is 5.32 Å². The van der Waals surface area contributed by atoms with Gasteiger partial charge >= 0.3 is 6.18 Å². The van der Waals surface area contributed by atoms with E-state index in [2.05, 4.69) is 10.3 Å². The second-order valence-electron chi connectivity index (χ2n) is 3.69. The van der Waals surface area contributed by atoms with Crippen molar-refractivity contribution in [2.75, 3.05) is 11.9 Å². The van der Waals surface area contributed by atoms with Crippen LogP contribution in [0.3, 0.4) is 0 Å². The highest BCUT2D eigenvalue weighted by atomic mass is 32.1. The van der Waals surface area contributed by atoms with Crippen molar-refractivity contribution in [2.45, 2.75) is 12.6 Å². The highest BCUT2D eigenvalue weighted by molar-refractivity contribution is 7.09. The van der Waals surface area contributed by atoms with Gasteiger partial charge in [0.15, 0.2) is 0 Å². The number of halogens is 3. The Morgan fingerprint density at radius 3 is 2.61 bits per heavy atom. The first kappa shape index (κ1) is 12.9. The van der Waals surface area contributed by atoms with Crippen LogP contribution in [0.1, 0.15) is 10.4 Å². The standard InChI is InChI=1S/C12H11F3N2S/c13-12(14,15)9-3-4-11(17-8-9)16-6-5-10-2-1-7-18-10/h1-4,7-8H,5-6H2,(H,16,17). The van der Waals surface area contributed by atoms with Crippen LogP contribution in [0.2, 0.25) is 0 Å². The molecule has 6 heteroatoms. The summed E-state index contributed by atoms with van der Waals surface area (Å²) in [5.41, 5.74) is -0.730. The van der Waals surface area contributed by atoms with E-state index >= 15 is 0 Å². The van der Waals surface area contributed by atoms with Crippen LogP contribution < -0.4 is 5.32 Å². The van der Waals surface area contributed by atoms with E-state index in [1.165, 1.54) is 10.9 Å². The Morgan fingerprint density at radius 1 is 1.22 bits per heavy atom. The summed E-state index contributed by atoms with van der Waals surface area (Å²) in [6.07, 6.45) is -2.66. The number of thiophene rings is 1. The second-order valence-corrected chi connectivity index (χ2v) is 4.72. The Labute approximate surface area is 106 Å². The van der Waals surface area contributed by atoms with E-state index in [1.807, 2.05) is 17.5 Å². The topological polar surface area (TPSA) is 24.9 Å². The molecule has 0 fully saturated rings. The van der Waals surface area contributed by atoms with Gasteiger partial charge in [-0.25, -0.2) is 4.98 Å². The first-order chi connectivity index (χ1) is 8.55. The molecule has 0 aromatic carbocycles. The first-order valence-electron chi connectivity index (χ1n) is 5.35. The van der Waals surface area contributed by atoms with Gasteiger partial charge in [0.25, 0.3) is 0 Å². The molecular formula is C12H11F3N2S. The summed E-state index contributed by atoms with van der Waals surface area (Å²) < 4.78 is 36.9. The molecule has 0 saturated heterocycles. The lowest BCUT2D eigenvalue weighted by Crippen LogP contribution is -2.08. The molecule has 0 saturated carbocycles. The molecule has 2 heterocycles. The van der Waals surface area contributed by atoms with Gasteiger partial charge in [-0.3, -0.25) is 0 Å². The highest BCUT2D eigenvalue weighted by Crippen LogP contribution is 2.28. The number of alkyl halides is 3. The van der Waals surface area contributed by atoms with Crippen LogP contribution in [0.25, 0.3) is 0 Å². The molecule has 1 N–H and O–H groups in total. The molecule has 0 radical (unpaired) electrons. The summed E-state index contributed by atoms with van der Waals surface area (Å²) in [6.45, 7) is 0.652. The number of pyridine rings is 1. The second kappa shape index (κ2) is 5.39. The quantitative estimate of drug-likeness (QED) is 0.915. The maximum atomic E-state index is 12.3. The highest BCUT2D eigenvalue weighted by Gasteiger charge is 2.30. The number of hydrogen-bond acceptors (Lipinski definition) is 3. The van der Waals surface area contributed by atoms with E-state index < -0.39 is 11.7 Å². The Balaban J connectivity index is 1.87. The van der Waals surface area contributed by atoms with Gasteiger partial charge in [-0.2, -0.15) is 13.2 Å². The summed E-state index contributed by atoms with van der Waals surface area (Å²) in [5.74, 6) is 0.458. The van der Waals surface area contributed by atoms with E-state index in [9.17, 15) is 13.2 Å². The van der Waals surface area contributed by atoms with Crippen molar-refractivity contribution in [1.29, 1.82) is 0 Å². The zero-order chi connectivity index (χ0) is 13.0. The van der Waals surface area contributed by atoms with Gasteiger partial charge in [0.05, 0.1) is 5.56 Å². The molecule has 2 aromatic rings. The molecule has 96 valence electrons. The minimum atomic E-state index is -4.33. The fourth-order valence-electron chi connectivity index (χ4n) is 1.43. The van der Waals surface area contributed by atoms with E-state index in [-0.39, 0.29) is 0 Å². The van der Waals surface area contributed by atoms with Crippen molar-refractivity contribution in [3.05, 3.63) is 46.3 Å². The number of nitrogens with one attached hydrogen (secondary N) is 1. The number of nitrogens with zero attached hydrogens (tertiary/aromatic N) is 1. The lowest BCUT2D eigenvalue weighted by atomic mass is 10.3. The molecule has 2 nitrogen and oxygen atoms in total. The molecule has 2 aromatic heterocycles. The lowest BCUT2D eigenvalue weighted by Gasteiger charge is -2.08. The van der Waals surface area contributed by atoms with Crippen LogP contribution in [-0.4, -0.2) is 11.5 Å². The Kier molecular flexibility index (Phi) is 3.86. The van der Waals surface area contributed by atoms with Gasteiger partial charge in [0.1, 0.15) is 5.82 Å². The van der Waals surface area contributed by atoms with Crippen molar-refractivity contribution in [3.8, 4) is 0 Å². The van der Waals surface area contributed by atoms with E-state index in [0.29, 0.717) is 12.4 Å². The summed E-state index contributed by atoms with van der Waals surface area (Å²) in [4.78, 5) is 4.97. The zero-order valence-electron chi connectivity index (χ0n) is 9.37. The molecule has 0 amide bonds. The summed E-state index contributed by atoms with van der Waals surface area (Å²) in [7, 11) is 0. The Morgan fingerprint density at radius 2 is 2.06 bits per heavy atom. The third-order valence-corrected chi connectivity index (χ3v) is 3.28. The largest absolute Gasteiger partial charge is 0.417 e. The van der Waals surface area contributed by atoms with E-state index in [1.54, 1.807) is 11.3 Å². The lowest BCUT2D eigenvalue weighted by molar-refractivity contribution is -0.137. The number of hydrogen-bond donors (Lipinski definition) is 1. The van der Waals surface area contributed by atoms with Crippen molar-refractivity contribution >= 4 is 17.2 Å². The van der Waals surface area contributed by atoms with Crippen LogP contribution in [0.15, 0.2) is 35.8 Å². The molecule has 2 rings (SSSR count). The molecule has 0 spiro atoms. The van der Waals surface area contributed by atoms with Gasteiger partial charge in [0, 0.05) is 17.6 Å². The number of aromatic nitrogens is 1. The van der Waals surface area contributed by atoms with Crippen LogP contribution >= 0.6 is 11.3 Å². The minimum Gasteiger partial charge on any atom is -0.370 e. The van der Waals surface area contributed by atoms with Crippen LogP contribution in [0.4, 0.5) is 19.0 Å². The van der Waals surface area contributed by atoms with Gasteiger partial charge in [0.2, 0.25) is 0 Å². The van der Waals surface area contributed by atoms with Gasteiger partial charge in [-0.1, -0.05) is 6.07 Å². The van der Waals surface area contributed by atoms with Crippen LogP contribution in [0.5, 0.6) is 0 Å². The molecule has 0 bridgehead atoms. The molecule has 0 aliphatic rings. The predicted molar refractivity (Wildman–Crippen MR) is 65.8 cm³/mol. The number of anilines is 1. The normalized spacial score (nSPS) is 11.5. The molecule has 18 heavy (non-hydrogen) atoms. The third kappa shape index (κ3) is 3.46.